The van der Waals surface area contributed by atoms with Crippen LogP contribution in [-0.2, 0) is 4.79 Å². The molecule has 1 N–H and O–H groups in total. The van der Waals surface area contributed by atoms with Crippen LogP contribution in [0.3, 0.4) is 0 Å². The molecule has 2 nitrogen and oxygen atoms in total. The summed E-state index contributed by atoms with van der Waals surface area (Å²) in [5.41, 5.74) is 0.863. The Labute approximate surface area is 65.5 Å². The van der Waals surface area contributed by atoms with Gasteiger partial charge in [0.25, 0.3) is 0 Å². The molecule has 0 aliphatic heterocycles. The first kappa shape index (κ1) is 7.79. The van der Waals surface area contributed by atoms with Gasteiger partial charge in [-0.05, 0) is 6.92 Å². The van der Waals surface area contributed by atoms with Crippen LogP contribution in [0.4, 0.5) is 0 Å². The first-order valence-electron chi connectivity index (χ1n) is 3.46. The van der Waals surface area contributed by atoms with Crippen molar-refractivity contribution < 1.29 is 9.90 Å². The fraction of sp³-hybridized carbons (Fsp3) is 0.222. The zero-order chi connectivity index (χ0) is 8.27. The average molecular weight is 150 g/mol. The molecule has 0 fully saturated rings. The lowest BCUT2D eigenvalue weighted by Gasteiger charge is -2.02. The van der Waals surface area contributed by atoms with Gasteiger partial charge in [0, 0.05) is 12.0 Å². The third-order valence-corrected chi connectivity index (χ3v) is 1.62. The molecule has 0 heterocycles. The molecule has 0 unspecified atom stereocenters. The molecule has 0 saturated heterocycles. The highest BCUT2D eigenvalue weighted by atomic mass is 16.4. The van der Waals surface area contributed by atoms with E-state index in [1.165, 1.54) is 6.08 Å². The van der Waals surface area contributed by atoms with Gasteiger partial charge in [-0.1, -0.05) is 29.9 Å². The van der Waals surface area contributed by atoms with Crippen LogP contribution < -0.4 is 0 Å². The maximum Gasteiger partial charge on any atom is 0.328 e. The van der Waals surface area contributed by atoms with Gasteiger partial charge in [-0.2, -0.15) is 0 Å². The van der Waals surface area contributed by atoms with Gasteiger partial charge in [0.2, 0.25) is 0 Å². The highest BCUT2D eigenvalue weighted by Crippen LogP contribution is 2.17. The summed E-state index contributed by atoms with van der Waals surface area (Å²) in [5.74, 6) is -0.692. The van der Waals surface area contributed by atoms with Gasteiger partial charge < -0.3 is 5.11 Å². The van der Waals surface area contributed by atoms with Crippen LogP contribution in [0.2, 0.25) is 0 Å². The predicted octanol–water partition coefficient (Wildman–Crippen LogP) is 1.76. The second kappa shape index (κ2) is 3.19. The van der Waals surface area contributed by atoms with Crippen molar-refractivity contribution in [2.24, 2.45) is 5.92 Å². The van der Waals surface area contributed by atoms with Crippen LogP contribution >= 0.6 is 0 Å². The third kappa shape index (κ3) is 2.08. The van der Waals surface area contributed by atoms with Crippen molar-refractivity contribution in [2.75, 3.05) is 0 Å². The van der Waals surface area contributed by atoms with Crippen molar-refractivity contribution in [3.8, 4) is 0 Å². The van der Waals surface area contributed by atoms with E-state index in [2.05, 4.69) is 0 Å². The van der Waals surface area contributed by atoms with Crippen LogP contribution in [0.25, 0.3) is 0 Å². The Morgan fingerprint density at radius 2 is 2.00 bits per heavy atom. The summed E-state index contributed by atoms with van der Waals surface area (Å²) >= 11 is 0. The Bertz CT molecular complexity index is 234. The lowest BCUT2D eigenvalue weighted by Crippen LogP contribution is -1.96. The number of carbonyl (C=O) groups is 1. The molecule has 2 heteroatoms. The van der Waals surface area contributed by atoms with Crippen molar-refractivity contribution in [2.45, 2.75) is 6.92 Å². The van der Waals surface area contributed by atoms with E-state index < -0.39 is 5.97 Å². The van der Waals surface area contributed by atoms with Crippen LogP contribution in [0.5, 0.6) is 0 Å². The number of carboxylic acids is 1. The first-order chi connectivity index (χ1) is 5.20. The molecule has 11 heavy (non-hydrogen) atoms. The Morgan fingerprint density at radius 3 is 2.45 bits per heavy atom. The minimum atomic E-state index is -0.879. The van der Waals surface area contributed by atoms with Crippen LogP contribution in [0, 0.1) is 5.92 Å². The summed E-state index contributed by atoms with van der Waals surface area (Å²) in [6, 6.07) is 0. The molecule has 58 valence electrons. The number of aliphatic carboxylic acids is 1. The fourth-order valence-corrected chi connectivity index (χ4v) is 1.03. The summed E-state index contributed by atoms with van der Waals surface area (Å²) in [7, 11) is 0. The Morgan fingerprint density at radius 1 is 1.45 bits per heavy atom. The lowest BCUT2D eigenvalue weighted by atomic mass is 10.0. The van der Waals surface area contributed by atoms with E-state index in [9.17, 15) is 4.79 Å². The molecule has 1 aliphatic carbocycles. The van der Waals surface area contributed by atoms with Crippen molar-refractivity contribution in [3.05, 3.63) is 36.0 Å². The van der Waals surface area contributed by atoms with Gasteiger partial charge >= 0.3 is 5.97 Å². The average Bonchev–Trinajstić information content (AvgIpc) is 2.35. The molecule has 0 spiro atoms. The number of hydrogen-bond donors (Lipinski definition) is 1. The SMILES string of the molecule is CC(=CC(=O)O)C1C=CC=C1. The van der Waals surface area contributed by atoms with E-state index in [0.717, 1.165) is 5.57 Å². The van der Waals surface area contributed by atoms with Gasteiger partial charge in [-0.3, -0.25) is 0 Å². The predicted molar refractivity (Wildman–Crippen MR) is 43.2 cm³/mol. The van der Waals surface area contributed by atoms with Gasteiger partial charge in [-0.25, -0.2) is 4.79 Å². The summed E-state index contributed by atoms with van der Waals surface area (Å²) in [4.78, 5) is 10.2. The minimum absolute atomic E-state index is 0.186. The monoisotopic (exact) mass is 150 g/mol. The highest BCUT2D eigenvalue weighted by Gasteiger charge is 2.06. The zero-order valence-corrected chi connectivity index (χ0v) is 6.32. The molecule has 0 aromatic rings. The van der Waals surface area contributed by atoms with Crippen LogP contribution in [-0.4, -0.2) is 11.1 Å². The van der Waals surface area contributed by atoms with Gasteiger partial charge in [0.05, 0.1) is 0 Å². The molecule has 0 amide bonds. The molecular weight excluding hydrogens is 140 g/mol. The van der Waals surface area contributed by atoms with Crippen LogP contribution in [0.15, 0.2) is 36.0 Å². The van der Waals surface area contributed by atoms with E-state index in [4.69, 9.17) is 5.11 Å². The molecule has 1 aliphatic rings. The van der Waals surface area contributed by atoms with E-state index >= 15 is 0 Å². The molecule has 0 bridgehead atoms. The molecule has 0 aromatic carbocycles. The molecule has 0 atom stereocenters. The number of hydrogen-bond acceptors (Lipinski definition) is 1. The smallest absolute Gasteiger partial charge is 0.328 e. The topological polar surface area (TPSA) is 37.3 Å². The lowest BCUT2D eigenvalue weighted by molar-refractivity contribution is -0.131. The minimum Gasteiger partial charge on any atom is -0.478 e. The largest absolute Gasteiger partial charge is 0.478 e. The van der Waals surface area contributed by atoms with Crippen LogP contribution in [0.1, 0.15) is 6.92 Å². The van der Waals surface area contributed by atoms with E-state index in [1.807, 2.05) is 31.2 Å². The number of carboxylic acid groups (broad SMARTS) is 1. The van der Waals surface area contributed by atoms with E-state index in [1.54, 1.807) is 0 Å². The van der Waals surface area contributed by atoms with Gasteiger partial charge in [0.1, 0.15) is 0 Å². The summed E-state index contributed by atoms with van der Waals surface area (Å²) < 4.78 is 0. The molecule has 0 saturated carbocycles. The molecular formula is C9H10O2. The number of allylic oxidation sites excluding steroid dienone is 5. The molecule has 1 rings (SSSR count). The van der Waals surface area contributed by atoms with E-state index in [-0.39, 0.29) is 5.92 Å². The third-order valence-electron chi connectivity index (χ3n) is 1.62. The van der Waals surface area contributed by atoms with Crippen molar-refractivity contribution in [1.82, 2.24) is 0 Å². The standard InChI is InChI=1S/C9H10O2/c1-7(6-9(10)11)8-4-2-3-5-8/h2-6,8H,1H3,(H,10,11). The summed E-state index contributed by atoms with van der Waals surface area (Å²) in [6.07, 6.45) is 9.02. The quantitative estimate of drug-likeness (QED) is 0.609. The van der Waals surface area contributed by atoms with Gasteiger partial charge in [0.15, 0.2) is 0 Å². The number of rotatable bonds is 2. The molecule has 0 aromatic heterocycles. The molecule has 0 radical (unpaired) electrons. The zero-order valence-electron chi connectivity index (χ0n) is 6.32. The Kier molecular flexibility index (Phi) is 2.26. The Balaban J connectivity index is 2.67. The first-order valence-corrected chi connectivity index (χ1v) is 3.46. The highest BCUT2D eigenvalue weighted by molar-refractivity contribution is 5.80. The summed E-state index contributed by atoms with van der Waals surface area (Å²) in [5, 5.41) is 8.42. The second-order valence-corrected chi connectivity index (χ2v) is 2.52. The second-order valence-electron chi connectivity index (χ2n) is 2.52. The van der Waals surface area contributed by atoms with E-state index in [0.29, 0.717) is 0 Å². The van der Waals surface area contributed by atoms with Crippen molar-refractivity contribution >= 4 is 5.97 Å². The fourth-order valence-electron chi connectivity index (χ4n) is 1.03. The maximum atomic E-state index is 10.2. The normalized spacial score (nSPS) is 17.7. The van der Waals surface area contributed by atoms with Crippen molar-refractivity contribution in [3.63, 3.8) is 0 Å². The summed E-state index contributed by atoms with van der Waals surface area (Å²) in [6.45, 7) is 1.82. The van der Waals surface area contributed by atoms with Gasteiger partial charge in [-0.15, -0.1) is 0 Å². The maximum absolute atomic E-state index is 10.2. The van der Waals surface area contributed by atoms with Crippen molar-refractivity contribution in [1.29, 1.82) is 0 Å². The Hall–Kier alpha value is -1.31.